The number of rotatable bonds is 80. The number of unbranched alkanes of at least 4 members (excludes halogenated alkanes) is 44. The molecule has 0 saturated heterocycles. The Hall–Kier alpha value is -2.66. The van der Waals surface area contributed by atoms with Crippen LogP contribution in [0.25, 0.3) is 0 Å². The topological polar surface area (TPSA) is 237 Å². The van der Waals surface area contributed by atoms with E-state index in [0.717, 1.165) is 180 Å². The summed E-state index contributed by atoms with van der Waals surface area (Å²) in [6.45, 7) is 2.48. The molecule has 574 valence electrons. The fourth-order valence-corrected chi connectivity index (χ4v) is 12.8. The molecule has 0 saturated carbocycles. The maximum atomic E-state index is 13.1. The minimum Gasteiger partial charge on any atom is -0.457 e. The Balaban J connectivity index is 5.18. The summed E-state index contributed by atoms with van der Waals surface area (Å²) in [4.78, 5) is 68.2. The normalized spacial score (nSPS) is 14.2. The minimum absolute atomic E-state index is 0.0589. The number of phosphoric ester groups is 2. The molecule has 0 aromatic heterocycles. The Bertz CT molecular complexity index is 1980. The second kappa shape index (κ2) is 75.5. The van der Waals surface area contributed by atoms with Crippen LogP contribution >= 0.6 is 15.6 Å². The van der Waals surface area contributed by atoms with E-state index in [9.17, 15) is 43.2 Å². The van der Waals surface area contributed by atoms with E-state index in [-0.39, 0.29) is 26.1 Å². The second-order valence-corrected chi connectivity index (χ2v) is 29.8. The van der Waals surface area contributed by atoms with Gasteiger partial charge in [-0.05, 0) is 122 Å². The van der Waals surface area contributed by atoms with Crippen LogP contribution in [0, 0.1) is 0 Å². The molecule has 0 radical (unpaired) electrons. The van der Waals surface area contributed by atoms with Gasteiger partial charge in [-0.2, -0.15) is 0 Å². The zero-order valence-electron chi connectivity index (χ0n) is 62.3. The summed E-state index contributed by atoms with van der Waals surface area (Å²) in [6, 6.07) is 0. The van der Waals surface area contributed by atoms with Crippen LogP contribution in [0.15, 0.2) is 48.6 Å². The summed E-state index contributed by atoms with van der Waals surface area (Å²) in [6.07, 6.45) is 73.3. The van der Waals surface area contributed by atoms with Crippen molar-refractivity contribution in [1.29, 1.82) is 0 Å². The molecule has 0 rings (SSSR count). The molecule has 98 heavy (non-hydrogen) atoms. The lowest BCUT2D eigenvalue weighted by molar-refractivity contribution is -0.155. The second-order valence-electron chi connectivity index (χ2n) is 26.9. The number of aldehydes is 2. The molecule has 3 N–H and O–H groups in total. The van der Waals surface area contributed by atoms with Gasteiger partial charge in [0.15, 0.2) is 0 Å². The highest BCUT2D eigenvalue weighted by atomic mass is 31.2. The van der Waals surface area contributed by atoms with E-state index >= 15 is 0 Å². The fraction of sp³-hybridized carbons (Fsp3) is 0.848. The number of carbonyl (C=O) groups is 4. The third-order valence-electron chi connectivity index (χ3n) is 17.3. The highest BCUT2D eigenvalue weighted by molar-refractivity contribution is 7.47. The average molecular weight is 1430 g/mol. The monoisotopic (exact) mass is 1430 g/mol. The molecule has 0 heterocycles. The van der Waals surface area contributed by atoms with Crippen LogP contribution in [-0.4, -0.2) is 111 Å². The summed E-state index contributed by atoms with van der Waals surface area (Å²) in [7, 11) is -9.71. The summed E-state index contributed by atoms with van der Waals surface area (Å²) in [5.74, 6) is -0.932. The lowest BCUT2D eigenvalue weighted by Gasteiger charge is -2.21. The van der Waals surface area contributed by atoms with Gasteiger partial charge in [0.25, 0.3) is 0 Å². The maximum absolute atomic E-state index is 13.1. The van der Waals surface area contributed by atoms with E-state index in [1.54, 1.807) is 0 Å². The third kappa shape index (κ3) is 74.5. The smallest absolute Gasteiger partial charge is 0.457 e. The van der Waals surface area contributed by atoms with Crippen LogP contribution in [0.1, 0.15) is 361 Å². The van der Waals surface area contributed by atoms with Crippen molar-refractivity contribution in [3.05, 3.63) is 48.6 Å². The zero-order valence-corrected chi connectivity index (χ0v) is 64.1. The Kier molecular flexibility index (Phi) is 73.4. The van der Waals surface area contributed by atoms with Crippen molar-refractivity contribution in [3.8, 4) is 0 Å². The Morgan fingerprint density at radius 2 is 0.561 bits per heavy atom. The Morgan fingerprint density at radius 3 is 0.878 bits per heavy atom. The molecule has 0 bridgehead atoms. The van der Waals surface area contributed by atoms with Crippen molar-refractivity contribution < 1.29 is 80.2 Å². The Morgan fingerprint density at radius 1 is 0.316 bits per heavy atom. The number of phosphoric acid groups is 2. The van der Waals surface area contributed by atoms with Crippen molar-refractivity contribution in [2.45, 2.75) is 379 Å². The van der Waals surface area contributed by atoms with Crippen LogP contribution in [-0.2, 0) is 65.4 Å². The van der Waals surface area contributed by atoms with Gasteiger partial charge in [-0.1, -0.05) is 262 Å². The van der Waals surface area contributed by atoms with Gasteiger partial charge in [0, 0.05) is 38.9 Å². The first kappa shape index (κ1) is 95.3. The molecule has 0 aromatic rings. The first-order valence-corrected chi connectivity index (χ1v) is 42.8. The third-order valence-corrected chi connectivity index (χ3v) is 19.2. The highest BCUT2D eigenvalue weighted by Crippen LogP contribution is 2.45. The lowest BCUT2D eigenvalue weighted by atomic mass is 10.0. The molecule has 2 unspecified atom stereocenters. The molecule has 5 atom stereocenters. The molecule has 0 aromatic carbocycles. The molecular formula is C79H146O17P2. The van der Waals surface area contributed by atoms with Crippen LogP contribution in [0.3, 0.4) is 0 Å². The van der Waals surface area contributed by atoms with Crippen LogP contribution in [0.5, 0.6) is 0 Å². The van der Waals surface area contributed by atoms with Gasteiger partial charge in [0.1, 0.15) is 30.9 Å². The van der Waals surface area contributed by atoms with E-state index in [0.29, 0.717) is 38.9 Å². The van der Waals surface area contributed by atoms with Crippen molar-refractivity contribution >= 4 is 40.2 Å². The Labute approximate surface area is 597 Å². The van der Waals surface area contributed by atoms with Gasteiger partial charge < -0.3 is 43.4 Å². The number of carbonyl (C=O) groups excluding carboxylic acids is 4. The number of aliphatic hydroxyl groups excluding tert-OH is 1. The molecule has 0 spiro atoms. The number of ether oxygens (including phenoxy) is 4. The average Bonchev–Trinajstić information content (AvgIpc) is 1.20. The number of esters is 2. The largest absolute Gasteiger partial charge is 0.472 e. The molecule has 19 heteroatoms. The SMILES string of the molecule is CCCCC/C=C\C/C=C\CCCCCCCC(=O)O[C@H](COCCCCCCCCC/C=C\CCCCCCC=O)COP(=O)(O)OC[C@@H](O)COP(=O)(O)OC[C@@H](COCCCCCCCCC/C=C\CCCCCCC=O)OC(=O)CCCCCCCCCCCCCCC. The summed E-state index contributed by atoms with van der Waals surface area (Å²) in [5, 5.41) is 10.6. The van der Waals surface area contributed by atoms with E-state index in [1.165, 1.54) is 141 Å². The van der Waals surface area contributed by atoms with Crippen molar-refractivity contribution in [2.24, 2.45) is 0 Å². The first-order valence-electron chi connectivity index (χ1n) is 39.8. The van der Waals surface area contributed by atoms with Gasteiger partial charge in [0.05, 0.1) is 39.6 Å². The van der Waals surface area contributed by atoms with Gasteiger partial charge in [-0.25, -0.2) is 9.13 Å². The summed E-state index contributed by atoms with van der Waals surface area (Å²) in [5.41, 5.74) is 0. The number of hydrogen-bond donors (Lipinski definition) is 3. The number of aliphatic hydroxyl groups is 1. The predicted molar refractivity (Wildman–Crippen MR) is 400 cm³/mol. The van der Waals surface area contributed by atoms with Crippen molar-refractivity contribution in [1.82, 2.24) is 0 Å². The van der Waals surface area contributed by atoms with E-state index in [4.69, 9.17) is 37.0 Å². The number of allylic oxidation sites excluding steroid dienone is 8. The maximum Gasteiger partial charge on any atom is 0.472 e. The van der Waals surface area contributed by atoms with Crippen molar-refractivity contribution in [2.75, 3.05) is 52.9 Å². The molecule has 0 amide bonds. The summed E-state index contributed by atoms with van der Waals surface area (Å²) >= 11 is 0. The zero-order chi connectivity index (χ0) is 71.5. The molecular weight excluding hydrogens is 1280 g/mol. The van der Waals surface area contributed by atoms with E-state index in [2.05, 4.69) is 62.5 Å². The predicted octanol–water partition coefficient (Wildman–Crippen LogP) is 22.2. The molecule has 17 nitrogen and oxygen atoms in total. The van der Waals surface area contributed by atoms with Gasteiger partial charge in [-0.15, -0.1) is 0 Å². The lowest BCUT2D eigenvalue weighted by Crippen LogP contribution is -2.29. The molecule has 0 fully saturated rings. The quantitative estimate of drug-likeness (QED) is 0.0169. The van der Waals surface area contributed by atoms with Gasteiger partial charge >= 0.3 is 27.6 Å². The summed E-state index contributed by atoms with van der Waals surface area (Å²) < 4.78 is 69.9. The van der Waals surface area contributed by atoms with Gasteiger partial charge in [-0.3, -0.25) is 27.7 Å². The van der Waals surface area contributed by atoms with Crippen LogP contribution in [0.4, 0.5) is 0 Å². The fourth-order valence-electron chi connectivity index (χ4n) is 11.2. The van der Waals surface area contributed by atoms with Gasteiger partial charge in [0.2, 0.25) is 0 Å². The molecule has 0 aliphatic rings. The minimum atomic E-state index is -4.86. The van der Waals surface area contributed by atoms with Crippen LogP contribution in [0.2, 0.25) is 0 Å². The van der Waals surface area contributed by atoms with Crippen molar-refractivity contribution in [3.63, 3.8) is 0 Å². The molecule has 0 aliphatic carbocycles. The van der Waals surface area contributed by atoms with Crippen LogP contribution < -0.4 is 0 Å². The number of hydrogen-bond acceptors (Lipinski definition) is 15. The van der Waals surface area contributed by atoms with E-state index in [1.807, 2.05) is 0 Å². The standard InChI is InChI=1S/C79H146O17P2/c1-3-5-7-9-11-13-15-17-22-28-34-40-46-52-58-64-79(84)96-77(72-90-68-62-56-50-44-38-32-26-21-19-24-30-36-42-48-54-60-66-81)74-94-98(87,88)92-70-75(82)69-91-97(85,86)93-73-76(95-78(83)63-57-51-45-39-33-27-16-14-12-10-8-6-4-2)71-89-67-61-55-49-43-37-31-25-20-18-23-29-35-41-47-53-59-65-80/h11,13,17-19,22-24,65-66,75-77,82H,3-10,12,14-16,20-21,25-64,67-74H2,1-2H3,(H,85,86)(H,87,88)/b13-11-,22-17-,23-18-,24-19-/t75-,76+,77+/m0/s1. The molecule has 0 aliphatic heterocycles. The first-order chi connectivity index (χ1) is 47.9. The van der Waals surface area contributed by atoms with E-state index < -0.39 is 72.3 Å². The highest BCUT2D eigenvalue weighted by Gasteiger charge is 2.30.